The minimum absolute atomic E-state index is 0.0402. The predicted molar refractivity (Wildman–Crippen MR) is 78.4 cm³/mol. The number of ketones is 1. The zero-order valence-corrected chi connectivity index (χ0v) is 12.6. The average Bonchev–Trinajstić information content (AvgIpc) is 2.75. The molecule has 0 aromatic carbocycles. The summed E-state index contributed by atoms with van der Waals surface area (Å²) in [7, 11) is 1.99. The molecular weight excluding hydrogens is 312 g/mol. The number of rotatable bonds is 4. The molecule has 0 aliphatic rings. The molecule has 2 rings (SSSR count). The third kappa shape index (κ3) is 3.17. The van der Waals surface area contributed by atoms with E-state index in [1.54, 1.807) is 24.5 Å². The van der Waals surface area contributed by atoms with Gasteiger partial charge in [0.25, 0.3) is 0 Å². The number of carbonyl (C=O) groups is 1. The van der Waals surface area contributed by atoms with Crippen LogP contribution in [-0.2, 0) is 6.54 Å². The van der Waals surface area contributed by atoms with Crippen LogP contribution in [0.1, 0.15) is 22.8 Å². The van der Waals surface area contributed by atoms with Crippen molar-refractivity contribution in [3.63, 3.8) is 0 Å². The van der Waals surface area contributed by atoms with Crippen LogP contribution in [0.2, 0.25) is 0 Å². The highest BCUT2D eigenvalue weighted by Crippen LogP contribution is 2.22. The summed E-state index contributed by atoms with van der Waals surface area (Å²) in [5, 5.41) is 2.12. The molecule has 0 amide bonds. The number of aromatic nitrogens is 1. The maximum absolute atomic E-state index is 11.2. The molecule has 5 heteroatoms. The second-order valence-corrected chi connectivity index (χ2v) is 6.37. The SMILES string of the molecule is CC(=O)c1ccc(N(C)Cc2csc(Br)c2)nc1. The van der Waals surface area contributed by atoms with Gasteiger partial charge in [0.2, 0.25) is 0 Å². The average molecular weight is 325 g/mol. The molecule has 3 nitrogen and oxygen atoms in total. The topological polar surface area (TPSA) is 33.2 Å². The van der Waals surface area contributed by atoms with Gasteiger partial charge in [-0.25, -0.2) is 4.98 Å². The van der Waals surface area contributed by atoms with Crippen molar-refractivity contribution >= 4 is 38.9 Å². The molecule has 2 heterocycles. The van der Waals surface area contributed by atoms with E-state index < -0.39 is 0 Å². The van der Waals surface area contributed by atoms with Crippen LogP contribution in [0, 0.1) is 0 Å². The van der Waals surface area contributed by atoms with Gasteiger partial charge in [-0.1, -0.05) is 0 Å². The van der Waals surface area contributed by atoms with Crippen molar-refractivity contribution in [1.82, 2.24) is 4.98 Å². The third-order valence-electron chi connectivity index (χ3n) is 2.59. The van der Waals surface area contributed by atoms with Crippen molar-refractivity contribution < 1.29 is 4.79 Å². The van der Waals surface area contributed by atoms with Crippen LogP contribution in [-0.4, -0.2) is 17.8 Å². The number of thiophene rings is 1. The first-order valence-electron chi connectivity index (χ1n) is 5.47. The summed E-state index contributed by atoms with van der Waals surface area (Å²) in [5.74, 6) is 0.904. The first-order chi connectivity index (χ1) is 8.56. The van der Waals surface area contributed by atoms with Gasteiger partial charge in [-0.2, -0.15) is 0 Å². The van der Waals surface area contributed by atoms with Crippen molar-refractivity contribution in [2.75, 3.05) is 11.9 Å². The van der Waals surface area contributed by atoms with Gasteiger partial charge in [0, 0.05) is 25.4 Å². The van der Waals surface area contributed by atoms with E-state index in [9.17, 15) is 4.79 Å². The lowest BCUT2D eigenvalue weighted by Gasteiger charge is -2.17. The zero-order chi connectivity index (χ0) is 13.1. The van der Waals surface area contributed by atoms with Crippen molar-refractivity contribution in [2.45, 2.75) is 13.5 Å². The molecule has 2 aromatic rings. The number of carbonyl (C=O) groups excluding carboxylic acids is 1. The Kier molecular flexibility index (Phi) is 4.14. The van der Waals surface area contributed by atoms with E-state index in [4.69, 9.17) is 0 Å². The van der Waals surface area contributed by atoms with Crippen LogP contribution in [0.15, 0.2) is 33.6 Å². The molecule has 0 radical (unpaired) electrons. The van der Waals surface area contributed by atoms with Crippen molar-refractivity contribution in [1.29, 1.82) is 0 Å². The Balaban J connectivity index is 2.09. The third-order valence-corrected chi connectivity index (χ3v) is 4.14. The summed E-state index contributed by atoms with van der Waals surface area (Å²) in [6.07, 6.45) is 1.62. The number of hydrogen-bond donors (Lipinski definition) is 0. The van der Waals surface area contributed by atoms with Gasteiger partial charge in [0.1, 0.15) is 5.82 Å². The summed E-state index contributed by atoms with van der Waals surface area (Å²) >= 11 is 5.12. The predicted octanol–water partition coefficient (Wildman–Crippen LogP) is 3.74. The van der Waals surface area contributed by atoms with Gasteiger partial charge in [-0.05, 0) is 52.0 Å². The molecule has 0 N–H and O–H groups in total. The van der Waals surface area contributed by atoms with Crippen LogP contribution >= 0.6 is 27.3 Å². The van der Waals surface area contributed by atoms with Crippen LogP contribution in [0.4, 0.5) is 5.82 Å². The van der Waals surface area contributed by atoms with E-state index in [-0.39, 0.29) is 5.78 Å². The minimum atomic E-state index is 0.0402. The molecular formula is C13H13BrN2OS. The number of pyridine rings is 1. The molecule has 0 saturated carbocycles. The molecule has 0 aliphatic heterocycles. The van der Waals surface area contributed by atoms with Crippen molar-refractivity contribution in [3.8, 4) is 0 Å². The minimum Gasteiger partial charge on any atom is -0.355 e. The molecule has 0 unspecified atom stereocenters. The van der Waals surface area contributed by atoms with E-state index in [2.05, 4.69) is 37.3 Å². The number of hydrogen-bond acceptors (Lipinski definition) is 4. The van der Waals surface area contributed by atoms with E-state index in [0.717, 1.165) is 16.1 Å². The van der Waals surface area contributed by atoms with Crippen molar-refractivity contribution in [2.24, 2.45) is 0 Å². The van der Waals surface area contributed by atoms with Gasteiger partial charge < -0.3 is 4.90 Å². The molecule has 18 heavy (non-hydrogen) atoms. The highest BCUT2D eigenvalue weighted by Gasteiger charge is 2.06. The zero-order valence-electron chi connectivity index (χ0n) is 10.2. The Morgan fingerprint density at radius 2 is 2.28 bits per heavy atom. The summed E-state index contributed by atoms with van der Waals surface area (Å²) in [5.41, 5.74) is 1.89. The van der Waals surface area contributed by atoms with Gasteiger partial charge in [-0.3, -0.25) is 4.79 Å². The Morgan fingerprint density at radius 3 is 2.78 bits per heavy atom. The first-order valence-corrected chi connectivity index (χ1v) is 7.14. The highest BCUT2D eigenvalue weighted by molar-refractivity contribution is 9.11. The highest BCUT2D eigenvalue weighted by atomic mass is 79.9. The Bertz CT molecular complexity index is 550. The lowest BCUT2D eigenvalue weighted by molar-refractivity contribution is 0.101. The first kappa shape index (κ1) is 13.2. The molecule has 2 aromatic heterocycles. The Hall–Kier alpha value is -1.20. The fourth-order valence-electron chi connectivity index (χ4n) is 1.60. The molecule has 0 bridgehead atoms. The number of halogens is 1. The van der Waals surface area contributed by atoms with Gasteiger partial charge in [0.15, 0.2) is 5.78 Å². The molecule has 0 aliphatic carbocycles. The van der Waals surface area contributed by atoms with Gasteiger partial charge >= 0.3 is 0 Å². The maximum Gasteiger partial charge on any atom is 0.161 e. The van der Waals surface area contributed by atoms with Crippen LogP contribution < -0.4 is 4.90 Å². The summed E-state index contributed by atoms with van der Waals surface area (Å²) < 4.78 is 1.13. The summed E-state index contributed by atoms with van der Waals surface area (Å²) in [6.45, 7) is 2.35. The maximum atomic E-state index is 11.2. The standard InChI is InChI=1S/C13H13BrN2OS/c1-9(17)11-3-4-13(15-6-11)16(2)7-10-5-12(14)18-8-10/h3-6,8H,7H2,1-2H3. The van der Waals surface area contributed by atoms with E-state index >= 15 is 0 Å². The van der Waals surface area contributed by atoms with Crippen LogP contribution in [0.25, 0.3) is 0 Å². The Morgan fingerprint density at radius 1 is 1.50 bits per heavy atom. The number of Topliss-reactive ketones (excluding diaryl/α,β-unsaturated/α-hetero) is 1. The Labute approximate surface area is 119 Å². The number of anilines is 1. The van der Waals surface area contributed by atoms with Crippen molar-refractivity contribution in [3.05, 3.63) is 44.7 Å². The quantitative estimate of drug-likeness (QED) is 0.803. The molecule has 0 spiro atoms. The lowest BCUT2D eigenvalue weighted by Crippen LogP contribution is -2.17. The summed E-state index contributed by atoms with van der Waals surface area (Å²) in [6, 6.07) is 5.79. The second-order valence-electron chi connectivity index (χ2n) is 4.08. The second kappa shape index (κ2) is 5.63. The molecule has 0 saturated heterocycles. The fourth-order valence-corrected chi connectivity index (χ4v) is 2.80. The fraction of sp³-hybridized carbons (Fsp3) is 0.231. The summed E-state index contributed by atoms with van der Waals surface area (Å²) in [4.78, 5) is 17.5. The van der Waals surface area contributed by atoms with E-state index in [1.807, 2.05) is 19.2 Å². The molecule has 0 fully saturated rings. The van der Waals surface area contributed by atoms with E-state index in [0.29, 0.717) is 5.56 Å². The van der Waals surface area contributed by atoms with E-state index in [1.165, 1.54) is 5.56 Å². The van der Waals surface area contributed by atoms with Crippen LogP contribution in [0.3, 0.4) is 0 Å². The largest absolute Gasteiger partial charge is 0.355 e. The monoisotopic (exact) mass is 324 g/mol. The smallest absolute Gasteiger partial charge is 0.161 e. The number of nitrogens with zero attached hydrogens (tertiary/aromatic N) is 2. The molecule has 0 atom stereocenters. The molecule has 94 valence electrons. The normalized spacial score (nSPS) is 10.4. The van der Waals surface area contributed by atoms with Gasteiger partial charge in [-0.15, -0.1) is 11.3 Å². The van der Waals surface area contributed by atoms with Crippen LogP contribution in [0.5, 0.6) is 0 Å². The van der Waals surface area contributed by atoms with Gasteiger partial charge in [0.05, 0.1) is 3.79 Å². The lowest BCUT2D eigenvalue weighted by atomic mass is 10.2.